The Balaban J connectivity index is 1.53. The van der Waals surface area contributed by atoms with Gasteiger partial charge < -0.3 is 14.8 Å². The number of ether oxygens (including phenoxy) is 2. The van der Waals surface area contributed by atoms with Gasteiger partial charge >= 0.3 is 12.1 Å². The lowest BCUT2D eigenvalue weighted by Gasteiger charge is -2.31. The van der Waals surface area contributed by atoms with E-state index in [1.54, 1.807) is 38.4 Å². The van der Waals surface area contributed by atoms with E-state index in [4.69, 9.17) is 9.47 Å². The zero-order chi connectivity index (χ0) is 26.7. The highest BCUT2D eigenvalue weighted by Gasteiger charge is 2.34. The lowest BCUT2D eigenvalue weighted by molar-refractivity contribution is -0.154. The van der Waals surface area contributed by atoms with Crippen molar-refractivity contribution in [2.75, 3.05) is 26.8 Å². The van der Waals surface area contributed by atoms with E-state index >= 15 is 0 Å². The largest absolute Gasteiger partial charge is 0.492 e. The van der Waals surface area contributed by atoms with E-state index in [2.05, 4.69) is 20.3 Å². The summed E-state index contributed by atoms with van der Waals surface area (Å²) < 4.78 is 49.4. The van der Waals surface area contributed by atoms with E-state index in [0.29, 0.717) is 21.9 Å². The van der Waals surface area contributed by atoms with Crippen molar-refractivity contribution in [1.29, 1.82) is 0 Å². The molecule has 13 heteroatoms. The molecule has 3 aromatic rings. The highest BCUT2D eigenvalue weighted by molar-refractivity contribution is 7.14. The van der Waals surface area contributed by atoms with E-state index in [9.17, 15) is 22.8 Å². The first-order valence-corrected chi connectivity index (χ1v) is 12.1. The number of carbonyl (C=O) groups excluding carboxylic acids is 2. The summed E-state index contributed by atoms with van der Waals surface area (Å²) in [4.78, 5) is 38.5. The average Bonchev–Trinajstić information content (AvgIpc) is 3.29. The molecule has 3 heterocycles. The predicted octanol–water partition coefficient (Wildman–Crippen LogP) is 3.65. The third-order valence-corrected chi connectivity index (χ3v) is 6.65. The molecule has 9 nitrogen and oxygen atoms in total. The molecule has 0 spiro atoms. The summed E-state index contributed by atoms with van der Waals surface area (Å²) in [5.41, 5.74) is 1.28. The number of hydrogen-bond acceptors (Lipinski definition) is 9. The summed E-state index contributed by atoms with van der Waals surface area (Å²) in [5, 5.41) is 3.46. The second kappa shape index (κ2) is 10.8. The van der Waals surface area contributed by atoms with Crippen molar-refractivity contribution in [3.8, 4) is 16.3 Å². The highest BCUT2D eigenvalue weighted by atomic mass is 32.1. The number of morpholine rings is 1. The zero-order valence-corrected chi connectivity index (χ0v) is 21.0. The number of benzene rings is 1. The van der Waals surface area contributed by atoms with Gasteiger partial charge in [0.15, 0.2) is 0 Å². The van der Waals surface area contributed by atoms with Crippen LogP contribution in [0.2, 0.25) is 0 Å². The van der Waals surface area contributed by atoms with Crippen molar-refractivity contribution in [2.45, 2.75) is 32.1 Å². The normalized spacial score (nSPS) is 17.2. The monoisotopic (exact) mass is 535 g/mol. The smallest absolute Gasteiger partial charge is 0.451 e. The molecule has 1 amide bonds. The topological polar surface area (TPSA) is 107 Å². The van der Waals surface area contributed by atoms with Crippen molar-refractivity contribution in [3.05, 3.63) is 58.6 Å². The number of nitrogens with one attached hydrogen (secondary N) is 1. The molecular formula is C24H24F3N5O4S. The number of hydrogen-bond donors (Lipinski definition) is 1. The van der Waals surface area contributed by atoms with E-state index < -0.39 is 23.9 Å². The van der Waals surface area contributed by atoms with Gasteiger partial charge in [-0.1, -0.05) is 0 Å². The van der Waals surface area contributed by atoms with Crippen LogP contribution < -0.4 is 10.1 Å². The SMILES string of the molecule is Cc1cnc(-c2cc(OC[C@@H]3COC(=O)CN3C)cc(C(=O)N[C@H](C)c3cnc(C(F)(F)F)nc3)c2)s1. The lowest BCUT2D eigenvalue weighted by atomic mass is 10.1. The van der Waals surface area contributed by atoms with Crippen LogP contribution in [-0.4, -0.2) is 64.6 Å². The maximum Gasteiger partial charge on any atom is 0.451 e. The van der Waals surface area contributed by atoms with Crippen LogP contribution in [-0.2, 0) is 15.7 Å². The van der Waals surface area contributed by atoms with Crippen molar-refractivity contribution >= 4 is 23.2 Å². The minimum atomic E-state index is -4.65. The van der Waals surface area contributed by atoms with Crippen LogP contribution in [0.15, 0.2) is 36.8 Å². The van der Waals surface area contributed by atoms with Crippen molar-refractivity contribution in [2.24, 2.45) is 0 Å². The Bertz CT molecular complexity index is 1280. The molecule has 1 N–H and O–H groups in total. The number of thiazole rings is 1. The minimum Gasteiger partial charge on any atom is -0.492 e. The van der Waals surface area contributed by atoms with Gasteiger partial charge in [0.1, 0.15) is 24.0 Å². The average molecular weight is 536 g/mol. The highest BCUT2D eigenvalue weighted by Crippen LogP contribution is 2.30. The molecule has 1 aromatic carbocycles. The lowest BCUT2D eigenvalue weighted by Crippen LogP contribution is -2.48. The number of alkyl halides is 3. The Hall–Kier alpha value is -3.58. The Kier molecular flexibility index (Phi) is 7.73. The summed E-state index contributed by atoms with van der Waals surface area (Å²) >= 11 is 1.46. The summed E-state index contributed by atoms with van der Waals surface area (Å²) in [5.74, 6) is -1.59. The maximum absolute atomic E-state index is 13.1. The van der Waals surface area contributed by atoms with Gasteiger partial charge in [0, 0.05) is 40.2 Å². The van der Waals surface area contributed by atoms with Crippen LogP contribution in [0.4, 0.5) is 13.2 Å². The Labute approximate surface area is 214 Å². The molecule has 1 fully saturated rings. The van der Waals surface area contributed by atoms with Gasteiger partial charge in [-0.3, -0.25) is 14.5 Å². The Morgan fingerprint density at radius 1 is 1.24 bits per heavy atom. The van der Waals surface area contributed by atoms with Crippen LogP contribution in [0, 0.1) is 6.92 Å². The van der Waals surface area contributed by atoms with Gasteiger partial charge in [-0.15, -0.1) is 11.3 Å². The van der Waals surface area contributed by atoms with E-state index in [0.717, 1.165) is 17.3 Å². The number of esters is 1. The Morgan fingerprint density at radius 2 is 1.97 bits per heavy atom. The van der Waals surface area contributed by atoms with Gasteiger partial charge in [-0.25, -0.2) is 15.0 Å². The van der Waals surface area contributed by atoms with Crippen LogP contribution in [0.25, 0.3) is 10.6 Å². The molecule has 0 unspecified atom stereocenters. The van der Waals surface area contributed by atoms with Crippen molar-refractivity contribution in [3.63, 3.8) is 0 Å². The number of aryl methyl sites for hydroxylation is 1. The fourth-order valence-corrected chi connectivity index (χ4v) is 4.31. The third-order valence-electron chi connectivity index (χ3n) is 5.69. The van der Waals surface area contributed by atoms with Gasteiger partial charge in [-0.05, 0) is 39.1 Å². The second-order valence-electron chi connectivity index (χ2n) is 8.62. The summed E-state index contributed by atoms with van der Waals surface area (Å²) in [6.07, 6.45) is -0.843. The number of amides is 1. The molecule has 2 aromatic heterocycles. The summed E-state index contributed by atoms with van der Waals surface area (Å²) in [6.45, 7) is 4.12. The van der Waals surface area contributed by atoms with Crippen LogP contribution in [0.1, 0.15) is 39.6 Å². The fraction of sp³-hybridized carbons (Fsp3) is 0.375. The predicted molar refractivity (Wildman–Crippen MR) is 128 cm³/mol. The number of likely N-dealkylation sites (N-methyl/N-ethyl adjacent to an activating group) is 1. The molecule has 1 aliphatic heterocycles. The standard InChI is InChI=1S/C24H24F3N5O4S/c1-13-7-28-22(37-13)16-4-15(5-19(6-16)35-11-18-12-36-20(33)10-32(18)3)21(34)31-14(2)17-8-29-23(30-9-17)24(25,26)27/h4-9,14,18H,10-12H2,1-3H3,(H,31,34)/t14-,18-/m1/s1. The first-order valence-electron chi connectivity index (χ1n) is 11.3. The van der Waals surface area contributed by atoms with Crippen LogP contribution in [0.3, 0.4) is 0 Å². The molecule has 37 heavy (non-hydrogen) atoms. The van der Waals surface area contributed by atoms with Crippen molar-refractivity contribution < 1.29 is 32.2 Å². The van der Waals surface area contributed by atoms with Crippen LogP contribution in [0.5, 0.6) is 5.75 Å². The zero-order valence-electron chi connectivity index (χ0n) is 20.2. The Morgan fingerprint density at radius 3 is 2.59 bits per heavy atom. The molecule has 4 rings (SSSR count). The molecule has 2 atom stereocenters. The molecule has 0 radical (unpaired) electrons. The molecule has 1 saturated heterocycles. The van der Waals surface area contributed by atoms with Crippen LogP contribution >= 0.6 is 11.3 Å². The third kappa shape index (κ3) is 6.60. The molecule has 0 saturated carbocycles. The minimum absolute atomic E-state index is 0.152. The number of nitrogens with zero attached hydrogens (tertiary/aromatic N) is 4. The van der Waals surface area contributed by atoms with Gasteiger partial charge in [0.05, 0.1) is 18.6 Å². The van der Waals surface area contributed by atoms with Gasteiger partial charge in [0.2, 0.25) is 5.82 Å². The molecule has 0 bridgehead atoms. The molecule has 0 aliphatic carbocycles. The fourth-order valence-electron chi connectivity index (χ4n) is 3.56. The summed E-state index contributed by atoms with van der Waals surface area (Å²) in [7, 11) is 1.80. The van der Waals surface area contributed by atoms with E-state index in [1.165, 1.54) is 11.3 Å². The number of cyclic esters (lactones) is 1. The molecule has 196 valence electrons. The second-order valence-corrected chi connectivity index (χ2v) is 9.85. The van der Waals surface area contributed by atoms with E-state index in [1.807, 2.05) is 11.8 Å². The maximum atomic E-state index is 13.1. The van der Waals surface area contributed by atoms with Gasteiger partial charge in [0.25, 0.3) is 5.91 Å². The number of rotatable bonds is 7. The summed E-state index contributed by atoms with van der Waals surface area (Å²) in [6, 6.07) is 4.21. The molecular weight excluding hydrogens is 511 g/mol. The van der Waals surface area contributed by atoms with Crippen molar-refractivity contribution in [1.82, 2.24) is 25.2 Å². The van der Waals surface area contributed by atoms with E-state index in [-0.39, 0.29) is 37.3 Å². The molecule has 1 aliphatic rings. The van der Waals surface area contributed by atoms with Gasteiger partial charge in [-0.2, -0.15) is 13.2 Å². The first-order chi connectivity index (χ1) is 17.5. The first kappa shape index (κ1) is 26.5. The quantitative estimate of drug-likeness (QED) is 0.457. The number of halogens is 3. The number of carbonyl (C=O) groups is 2. The number of aromatic nitrogens is 3.